The maximum absolute atomic E-state index is 12.5. The van der Waals surface area contributed by atoms with E-state index in [1.165, 1.54) is 11.3 Å². The van der Waals surface area contributed by atoms with Gasteiger partial charge in [0.2, 0.25) is 5.91 Å². The van der Waals surface area contributed by atoms with Gasteiger partial charge in [-0.15, -0.1) is 11.3 Å². The zero-order valence-corrected chi connectivity index (χ0v) is 16.4. The number of hydrogen-bond acceptors (Lipinski definition) is 4. The lowest BCUT2D eigenvalue weighted by molar-refractivity contribution is -0.125. The number of aryl methyl sites for hydroxylation is 1. The molecular formula is C18H22N2O3S2. The highest BCUT2D eigenvalue weighted by Crippen LogP contribution is 2.34. The lowest BCUT2D eigenvalue weighted by Gasteiger charge is -2.26. The number of amides is 1. The second kappa shape index (κ2) is 6.14. The minimum Gasteiger partial charge on any atom is -0.311 e. The molecule has 2 heterocycles. The molecule has 0 fully saturated rings. The van der Waals surface area contributed by atoms with Crippen LogP contribution in [-0.4, -0.2) is 20.9 Å². The highest BCUT2D eigenvalue weighted by molar-refractivity contribution is 7.94. The van der Waals surface area contributed by atoms with Crippen LogP contribution in [0.2, 0.25) is 0 Å². The van der Waals surface area contributed by atoms with E-state index in [0.29, 0.717) is 16.4 Å². The van der Waals surface area contributed by atoms with Gasteiger partial charge >= 0.3 is 0 Å². The summed E-state index contributed by atoms with van der Waals surface area (Å²) in [7, 11) is -3.58. The van der Waals surface area contributed by atoms with Crippen LogP contribution in [0.5, 0.6) is 0 Å². The Balaban J connectivity index is 1.85. The molecule has 0 spiro atoms. The third-order valence-electron chi connectivity index (χ3n) is 4.09. The molecule has 1 aliphatic rings. The first-order valence-corrected chi connectivity index (χ1v) is 10.4. The van der Waals surface area contributed by atoms with Gasteiger partial charge in [-0.2, -0.15) is 0 Å². The first-order chi connectivity index (χ1) is 11.6. The normalized spacial score (nSPS) is 14.5. The van der Waals surface area contributed by atoms with Crippen molar-refractivity contribution in [1.82, 2.24) is 0 Å². The Morgan fingerprint density at radius 3 is 2.52 bits per heavy atom. The minimum absolute atomic E-state index is 0.0774. The van der Waals surface area contributed by atoms with Gasteiger partial charge in [-0.05, 0) is 49.2 Å². The highest BCUT2D eigenvalue weighted by Gasteiger charge is 2.32. The van der Waals surface area contributed by atoms with E-state index >= 15 is 0 Å². The molecule has 1 N–H and O–H groups in total. The summed E-state index contributed by atoms with van der Waals surface area (Å²) < 4.78 is 27.8. The molecule has 2 aromatic rings. The third kappa shape index (κ3) is 3.57. The van der Waals surface area contributed by atoms with Gasteiger partial charge in [-0.3, -0.25) is 9.52 Å². The Bertz CT molecular complexity index is 924. The van der Waals surface area contributed by atoms with Crippen LogP contribution in [0.4, 0.5) is 11.4 Å². The van der Waals surface area contributed by atoms with Gasteiger partial charge in [0.05, 0.1) is 0 Å². The van der Waals surface area contributed by atoms with Crippen LogP contribution in [0.25, 0.3) is 0 Å². The van der Waals surface area contributed by atoms with Crippen molar-refractivity contribution < 1.29 is 13.2 Å². The van der Waals surface area contributed by atoms with Crippen LogP contribution >= 0.6 is 11.3 Å². The summed E-state index contributed by atoms with van der Waals surface area (Å²) in [5.74, 6) is 0.0774. The van der Waals surface area contributed by atoms with Crippen LogP contribution in [0.15, 0.2) is 34.5 Å². The van der Waals surface area contributed by atoms with Crippen LogP contribution in [0, 0.1) is 12.3 Å². The molecule has 0 saturated carbocycles. The average Bonchev–Trinajstić information content (AvgIpc) is 3.11. The monoisotopic (exact) mass is 378 g/mol. The summed E-state index contributed by atoms with van der Waals surface area (Å²) in [6, 6.07) is 8.76. The molecule has 1 aromatic heterocycles. The fraction of sp³-hybridized carbons (Fsp3) is 0.389. The van der Waals surface area contributed by atoms with Gasteiger partial charge in [0.25, 0.3) is 10.0 Å². The molecule has 0 unspecified atom stereocenters. The summed E-state index contributed by atoms with van der Waals surface area (Å²) in [5.41, 5.74) is 1.93. The minimum atomic E-state index is -3.58. The number of sulfonamides is 1. The van der Waals surface area contributed by atoms with E-state index in [-0.39, 0.29) is 5.91 Å². The SMILES string of the molecule is Cc1ccc(S(=O)(=O)Nc2ccc3c(c2)CCN3C(=O)C(C)(C)C)s1. The molecule has 5 nitrogen and oxygen atoms in total. The molecule has 7 heteroatoms. The van der Waals surface area contributed by atoms with Crippen LogP contribution in [-0.2, 0) is 21.2 Å². The molecule has 0 saturated heterocycles. The van der Waals surface area contributed by atoms with Crippen molar-refractivity contribution >= 4 is 38.6 Å². The number of carbonyl (C=O) groups is 1. The van der Waals surface area contributed by atoms with Gasteiger partial charge < -0.3 is 4.90 Å². The van der Waals surface area contributed by atoms with Crippen LogP contribution < -0.4 is 9.62 Å². The maximum Gasteiger partial charge on any atom is 0.271 e. The second-order valence-corrected chi connectivity index (χ2v) is 10.5. The lowest BCUT2D eigenvalue weighted by Crippen LogP contribution is -2.38. The number of carbonyl (C=O) groups excluding carboxylic acids is 1. The van der Waals surface area contributed by atoms with Crippen molar-refractivity contribution in [3.05, 3.63) is 40.8 Å². The van der Waals surface area contributed by atoms with E-state index in [9.17, 15) is 13.2 Å². The summed E-state index contributed by atoms with van der Waals surface area (Å²) in [6.07, 6.45) is 0.727. The number of hydrogen-bond donors (Lipinski definition) is 1. The number of fused-ring (bicyclic) bond motifs is 1. The van der Waals surface area contributed by atoms with Gasteiger partial charge in [-0.1, -0.05) is 20.8 Å². The molecule has 0 bridgehead atoms. The van der Waals surface area contributed by atoms with Gasteiger partial charge in [-0.25, -0.2) is 8.42 Å². The van der Waals surface area contributed by atoms with E-state index in [1.54, 1.807) is 23.1 Å². The van der Waals surface area contributed by atoms with Gasteiger partial charge in [0.15, 0.2) is 0 Å². The number of thiophene rings is 1. The molecule has 1 amide bonds. The molecule has 0 aliphatic carbocycles. The van der Waals surface area contributed by atoms with E-state index in [4.69, 9.17) is 0 Å². The quantitative estimate of drug-likeness (QED) is 0.883. The Labute approximate surface area is 152 Å². The molecule has 0 radical (unpaired) electrons. The number of benzene rings is 1. The molecule has 1 aromatic carbocycles. The van der Waals surface area contributed by atoms with Crippen molar-refractivity contribution in [3.63, 3.8) is 0 Å². The average molecular weight is 379 g/mol. The summed E-state index contributed by atoms with van der Waals surface area (Å²) in [5, 5.41) is 0. The molecule has 1 aliphatic heterocycles. The Morgan fingerprint density at radius 2 is 1.92 bits per heavy atom. The fourth-order valence-corrected chi connectivity index (χ4v) is 5.18. The zero-order valence-electron chi connectivity index (χ0n) is 14.8. The molecule has 25 heavy (non-hydrogen) atoms. The lowest BCUT2D eigenvalue weighted by atomic mass is 9.94. The van der Waals surface area contributed by atoms with Gasteiger partial charge in [0.1, 0.15) is 4.21 Å². The predicted molar refractivity (Wildman–Crippen MR) is 102 cm³/mol. The smallest absolute Gasteiger partial charge is 0.271 e. The summed E-state index contributed by atoms with van der Waals surface area (Å²) >= 11 is 1.24. The fourth-order valence-electron chi connectivity index (χ4n) is 2.84. The molecular weight excluding hydrogens is 356 g/mol. The predicted octanol–water partition coefficient (Wildman–Crippen LogP) is 3.79. The molecule has 3 rings (SSSR count). The summed E-state index contributed by atoms with van der Waals surface area (Å²) in [4.78, 5) is 15.3. The highest BCUT2D eigenvalue weighted by atomic mass is 32.2. The van der Waals surface area contributed by atoms with Crippen molar-refractivity contribution in [2.24, 2.45) is 5.41 Å². The van der Waals surface area contributed by atoms with Crippen molar-refractivity contribution in [2.45, 2.75) is 38.3 Å². The third-order valence-corrected chi connectivity index (χ3v) is 6.97. The first kappa shape index (κ1) is 17.9. The van der Waals surface area contributed by atoms with Crippen molar-refractivity contribution in [2.75, 3.05) is 16.2 Å². The van der Waals surface area contributed by atoms with E-state index in [1.807, 2.05) is 39.8 Å². The van der Waals surface area contributed by atoms with E-state index in [0.717, 1.165) is 22.5 Å². The Kier molecular flexibility index (Phi) is 4.41. The number of rotatable bonds is 3. The summed E-state index contributed by atoms with van der Waals surface area (Å²) in [6.45, 7) is 8.21. The zero-order chi connectivity index (χ0) is 18.4. The molecule has 134 valence electrons. The Hall–Kier alpha value is -1.86. The standard InChI is InChI=1S/C18H22N2O3S2/c1-12-5-8-16(24-12)25(22,23)19-14-6-7-15-13(11-14)9-10-20(15)17(21)18(2,3)4/h5-8,11,19H,9-10H2,1-4H3. The maximum atomic E-state index is 12.5. The first-order valence-electron chi connectivity index (χ1n) is 8.12. The van der Waals surface area contributed by atoms with Crippen molar-refractivity contribution in [1.29, 1.82) is 0 Å². The number of anilines is 2. The van der Waals surface area contributed by atoms with Crippen LogP contribution in [0.1, 0.15) is 31.2 Å². The molecule has 0 atom stereocenters. The largest absolute Gasteiger partial charge is 0.311 e. The second-order valence-electron chi connectivity index (χ2n) is 7.27. The number of nitrogens with zero attached hydrogens (tertiary/aromatic N) is 1. The Morgan fingerprint density at radius 1 is 1.20 bits per heavy atom. The number of nitrogens with one attached hydrogen (secondary N) is 1. The van der Waals surface area contributed by atoms with Crippen LogP contribution in [0.3, 0.4) is 0 Å². The van der Waals surface area contributed by atoms with Gasteiger partial charge in [0, 0.05) is 28.2 Å². The van der Waals surface area contributed by atoms with Crippen molar-refractivity contribution in [3.8, 4) is 0 Å². The van der Waals surface area contributed by atoms with E-state index in [2.05, 4.69) is 4.72 Å². The van der Waals surface area contributed by atoms with E-state index < -0.39 is 15.4 Å². The topological polar surface area (TPSA) is 66.5 Å².